The number of aryl methyl sites for hydroxylation is 1. The minimum absolute atomic E-state index is 0. The van der Waals surface area contributed by atoms with E-state index in [1.165, 1.54) is 23.9 Å². The van der Waals surface area contributed by atoms with Crippen LogP contribution in [0.4, 0.5) is 20.2 Å². The van der Waals surface area contributed by atoms with E-state index in [4.69, 9.17) is 6.57 Å². The summed E-state index contributed by atoms with van der Waals surface area (Å²) in [6.45, 7) is 9.60. The van der Waals surface area contributed by atoms with E-state index in [-0.39, 0.29) is 31.8 Å². The summed E-state index contributed by atoms with van der Waals surface area (Å²) in [6.07, 6.45) is 2.09. The van der Waals surface area contributed by atoms with Crippen molar-refractivity contribution >= 4 is 35.0 Å². The van der Waals surface area contributed by atoms with Gasteiger partial charge in [0.1, 0.15) is 11.6 Å². The van der Waals surface area contributed by atoms with Gasteiger partial charge in [-0.25, -0.2) is 13.6 Å². The number of rotatable bonds is 12. The molecule has 6 nitrogen and oxygen atoms in total. The van der Waals surface area contributed by atoms with E-state index >= 15 is 0 Å². The van der Waals surface area contributed by atoms with Crippen LogP contribution in [-0.4, -0.2) is 29.9 Å². The number of carboxylic acids is 1. The van der Waals surface area contributed by atoms with Gasteiger partial charge in [0.25, 0.3) is 5.91 Å². The number of carbonyl (C=O) groups excluding carboxylic acids is 2. The van der Waals surface area contributed by atoms with E-state index in [0.29, 0.717) is 34.7 Å². The first kappa shape index (κ1) is 34.4. The maximum absolute atomic E-state index is 14.7. The molecule has 0 saturated carbocycles. The van der Waals surface area contributed by atoms with Crippen molar-refractivity contribution in [1.29, 1.82) is 0 Å². The summed E-state index contributed by atoms with van der Waals surface area (Å²) in [5, 5.41) is 14.3. The van der Waals surface area contributed by atoms with Gasteiger partial charge in [0.15, 0.2) is 5.69 Å². The second kappa shape index (κ2) is 16.1. The summed E-state index contributed by atoms with van der Waals surface area (Å²) in [6, 6.07) is 22.1. The van der Waals surface area contributed by atoms with Crippen LogP contribution in [0.1, 0.15) is 33.5 Å². The molecule has 0 aromatic heterocycles. The Labute approximate surface area is 272 Å². The van der Waals surface area contributed by atoms with Crippen LogP contribution in [0, 0.1) is 25.1 Å². The van der Waals surface area contributed by atoms with Crippen LogP contribution in [-0.2, 0) is 17.9 Å². The summed E-state index contributed by atoms with van der Waals surface area (Å²) in [7, 11) is 0. The Hall–Kier alpha value is -4.08. The fraction of sp³-hybridized carbons (Fsp3) is 0.206. The van der Waals surface area contributed by atoms with Crippen LogP contribution in [0.15, 0.2) is 84.9 Å². The first-order chi connectivity index (χ1) is 20.7. The summed E-state index contributed by atoms with van der Waals surface area (Å²) < 4.78 is 28.3. The first-order valence-corrected chi connectivity index (χ1v) is 15.0. The minimum Gasteiger partial charge on any atom is -0.548 e. The molecule has 0 heterocycles. The summed E-state index contributed by atoms with van der Waals surface area (Å²) in [5.74, 6) is -2.66. The molecule has 1 N–H and O–H groups in total. The van der Waals surface area contributed by atoms with E-state index in [2.05, 4.69) is 10.2 Å². The van der Waals surface area contributed by atoms with Gasteiger partial charge in [0, 0.05) is 36.0 Å². The van der Waals surface area contributed by atoms with E-state index in [0.717, 1.165) is 28.4 Å². The molecule has 0 aliphatic heterocycles. The van der Waals surface area contributed by atoms with Gasteiger partial charge in [0.05, 0.1) is 18.6 Å². The maximum Gasteiger partial charge on any atom is 1.00 e. The molecule has 4 aromatic rings. The molecule has 1 amide bonds. The van der Waals surface area contributed by atoms with Gasteiger partial charge in [-0.1, -0.05) is 48.5 Å². The SMILES string of the molecule is [C-]#[N+]c1ccc(N(Cc2ccc(C(=O)N[C@@H](CCSC)C(=O)[O-])c(-c3ccccc3C)c2)Cc2ccc(F)cc2F)cc1.[Li+]. The predicted octanol–water partition coefficient (Wildman–Crippen LogP) is 3.30. The Kier molecular flexibility index (Phi) is 12.6. The third-order valence-electron chi connectivity index (χ3n) is 7.06. The zero-order chi connectivity index (χ0) is 30.9. The number of amides is 1. The molecule has 0 radical (unpaired) electrons. The molecule has 0 aliphatic carbocycles. The maximum atomic E-state index is 14.7. The Bertz CT molecular complexity index is 1660. The summed E-state index contributed by atoms with van der Waals surface area (Å²) in [5.41, 5.74) is 4.93. The topological polar surface area (TPSA) is 76.8 Å². The molecule has 0 spiro atoms. The molecule has 4 rings (SSSR count). The van der Waals surface area contributed by atoms with Crippen LogP contribution in [0.2, 0.25) is 0 Å². The van der Waals surface area contributed by atoms with E-state index in [9.17, 15) is 23.5 Å². The Morgan fingerprint density at radius 1 is 0.977 bits per heavy atom. The van der Waals surface area contributed by atoms with E-state index in [1.54, 1.807) is 36.4 Å². The van der Waals surface area contributed by atoms with Gasteiger partial charge in [-0.15, -0.1) is 0 Å². The number of nitrogens with one attached hydrogen (secondary N) is 1. The number of carboxylic acid groups (broad SMARTS) is 1. The van der Waals surface area contributed by atoms with Gasteiger partial charge < -0.3 is 20.1 Å². The zero-order valence-corrected chi connectivity index (χ0v) is 25.6. The Morgan fingerprint density at radius 2 is 1.70 bits per heavy atom. The molecule has 0 bridgehead atoms. The number of nitrogens with zero attached hydrogens (tertiary/aromatic N) is 2. The minimum atomic E-state index is -1.34. The third-order valence-corrected chi connectivity index (χ3v) is 7.70. The molecular weight excluding hydrogens is 575 g/mol. The van der Waals surface area contributed by atoms with Gasteiger partial charge in [-0.2, -0.15) is 11.8 Å². The quantitative estimate of drug-likeness (QED) is 0.198. The van der Waals surface area contributed by atoms with Crippen molar-refractivity contribution in [2.24, 2.45) is 0 Å². The number of benzene rings is 4. The molecular formula is C34H30F2LiN3O3S. The molecule has 0 saturated heterocycles. The number of anilines is 1. The number of hydrogen-bond donors (Lipinski definition) is 1. The fourth-order valence-electron chi connectivity index (χ4n) is 4.76. The zero-order valence-electron chi connectivity index (χ0n) is 24.8. The monoisotopic (exact) mass is 605 g/mol. The van der Waals surface area contributed by atoms with Gasteiger partial charge >= 0.3 is 18.9 Å². The molecule has 10 heteroatoms. The van der Waals surface area contributed by atoms with Gasteiger partial charge in [0.2, 0.25) is 0 Å². The summed E-state index contributed by atoms with van der Waals surface area (Å²) >= 11 is 1.48. The van der Waals surface area contributed by atoms with Crippen molar-refractivity contribution in [3.8, 4) is 11.1 Å². The molecule has 0 aliphatic rings. The Balaban J connectivity index is 0.00000529. The molecule has 1 atom stereocenters. The van der Waals surface area contributed by atoms with Crippen LogP contribution < -0.4 is 34.2 Å². The smallest absolute Gasteiger partial charge is 0.548 e. The van der Waals surface area contributed by atoms with Crippen LogP contribution in [0.5, 0.6) is 0 Å². The van der Waals surface area contributed by atoms with Crippen LogP contribution in [0.25, 0.3) is 16.0 Å². The van der Waals surface area contributed by atoms with Crippen molar-refractivity contribution in [2.75, 3.05) is 16.9 Å². The second-order valence-electron chi connectivity index (χ2n) is 10.0. The third kappa shape index (κ3) is 8.73. The van der Waals surface area contributed by atoms with Crippen molar-refractivity contribution < 1.29 is 42.3 Å². The van der Waals surface area contributed by atoms with Crippen LogP contribution in [0.3, 0.4) is 0 Å². The van der Waals surface area contributed by atoms with Crippen molar-refractivity contribution in [2.45, 2.75) is 32.5 Å². The van der Waals surface area contributed by atoms with E-state index in [1.807, 2.05) is 48.4 Å². The average molecular weight is 606 g/mol. The number of aliphatic carboxylic acids is 1. The normalized spacial score (nSPS) is 11.2. The standard InChI is InChI=1S/C34H31F2N3O3S.Li/c1-22-6-4-5-7-28(22)30-18-23(8-15-29(30)33(40)38-32(34(41)42)16-17-43-3)20-39(27-13-11-26(37-2)12-14-27)21-24-9-10-25(35)19-31(24)36;/h4-15,18-19,32H,16-17,20-21H2,1,3H3,(H,38,40)(H,41,42);/q;+1/p-1/t32-;/m0./s1. The average Bonchev–Trinajstić information content (AvgIpc) is 3.00. The number of carbonyl (C=O) groups is 2. The molecule has 44 heavy (non-hydrogen) atoms. The van der Waals surface area contributed by atoms with E-state index < -0.39 is 29.6 Å². The van der Waals surface area contributed by atoms with Crippen LogP contribution >= 0.6 is 11.8 Å². The summed E-state index contributed by atoms with van der Waals surface area (Å²) in [4.78, 5) is 30.5. The van der Waals surface area contributed by atoms with Crippen molar-refractivity contribution in [1.82, 2.24) is 5.32 Å². The molecule has 220 valence electrons. The fourth-order valence-corrected chi connectivity index (χ4v) is 5.23. The van der Waals surface area contributed by atoms with Crippen molar-refractivity contribution in [3.05, 3.63) is 130 Å². The number of hydrogen-bond acceptors (Lipinski definition) is 5. The van der Waals surface area contributed by atoms with Crippen molar-refractivity contribution in [3.63, 3.8) is 0 Å². The number of halogens is 2. The molecule has 0 unspecified atom stereocenters. The largest absolute Gasteiger partial charge is 1.00 e. The molecule has 0 fully saturated rings. The van der Waals surface area contributed by atoms with Gasteiger partial charge in [-0.05, 0) is 77.9 Å². The molecule has 4 aromatic carbocycles. The first-order valence-electron chi connectivity index (χ1n) is 13.6. The number of thioether (sulfide) groups is 1. The Morgan fingerprint density at radius 3 is 2.34 bits per heavy atom. The second-order valence-corrected chi connectivity index (χ2v) is 11.0. The van der Waals surface area contributed by atoms with Gasteiger partial charge in [-0.3, -0.25) is 4.79 Å². The predicted molar refractivity (Wildman–Crippen MR) is 165 cm³/mol.